The maximum absolute atomic E-state index is 11.7. The van der Waals surface area contributed by atoms with Crippen LogP contribution in [0.2, 0.25) is 0 Å². The molecule has 0 spiro atoms. The molecule has 1 heterocycles. The summed E-state index contributed by atoms with van der Waals surface area (Å²) in [7, 11) is 3.91. The van der Waals surface area contributed by atoms with E-state index in [1.807, 2.05) is 19.0 Å². The van der Waals surface area contributed by atoms with Crippen LogP contribution in [0.3, 0.4) is 0 Å². The third-order valence-electron chi connectivity index (χ3n) is 2.91. The highest BCUT2D eigenvalue weighted by atomic mass is 16.3. The molecule has 0 fully saturated rings. The van der Waals surface area contributed by atoms with Crippen molar-refractivity contribution in [1.82, 2.24) is 15.1 Å². The summed E-state index contributed by atoms with van der Waals surface area (Å²) in [5.74, 6) is 0.623. The third-order valence-corrected chi connectivity index (χ3v) is 2.91. The van der Waals surface area contributed by atoms with E-state index in [9.17, 15) is 9.59 Å². The Morgan fingerprint density at radius 2 is 2.00 bits per heavy atom. The second-order valence-electron chi connectivity index (χ2n) is 4.92. The van der Waals surface area contributed by atoms with E-state index in [1.165, 1.54) is 6.92 Å². The summed E-state index contributed by atoms with van der Waals surface area (Å²) in [5.41, 5.74) is 0. The standard InChI is InChI=1S/C14H23N3O3/c1-12(18)17(9-8-16(2)3)7-6-14(19)15-11-13-5-4-10-20-13/h4-5,10H,6-9,11H2,1-3H3,(H,15,19). The number of likely N-dealkylation sites (N-methyl/N-ethyl adjacent to an activating group) is 1. The number of carbonyl (C=O) groups excluding carboxylic acids is 2. The monoisotopic (exact) mass is 281 g/mol. The Morgan fingerprint density at radius 1 is 1.25 bits per heavy atom. The highest BCUT2D eigenvalue weighted by Crippen LogP contribution is 1.99. The minimum Gasteiger partial charge on any atom is -0.467 e. The van der Waals surface area contributed by atoms with Crippen molar-refractivity contribution in [2.24, 2.45) is 0 Å². The summed E-state index contributed by atoms with van der Waals surface area (Å²) in [6, 6.07) is 3.58. The van der Waals surface area contributed by atoms with E-state index in [0.29, 0.717) is 26.1 Å². The fourth-order valence-corrected chi connectivity index (χ4v) is 1.67. The molecule has 0 aliphatic heterocycles. The number of carbonyl (C=O) groups is 2. The van der Waals surface area contributed by atoms with Crippen LogP contribution in [0.1, 0.15) is 19.1 Å². The summed E-state index contributed by atoms with van der Waals surface area (Å²) < 4.78 is 5.13. The Hall–Kier alpha value is -1.82. The number of nitrogens with zero attached hydrogens (tertiary/aromatic N) is 2. The van der Waals surface area contributed by atoms with Gasteiger partial charge in [0.2, 0.25) is 11.8 Å². The van der Waals surface area contributed by atoms with E-state index in [2.05, 4.69) is 5.32 Å². The maximum Gasteiger partial charge on any atom is 0.222 e. The molecular formula is C14H23N3O3. The van der Waals surface area contributed by atoms with Gasteiger partial charge in [-0.15, -0.1) is 0 Å². The minimum atomic E-state index is -0.0856. The zero-order chi connectivity index (χ0) is 15.0. The summed E-state index contributed by atoms with van der Waals surface area (Å²) in [6.45, 7) is 3.76. The number of amides is 2. The molecule has 1 N–H and O–H groups in total. The van der Waals surface area contributed by atoms with Crippen LogP contribution in [0.4, 0.5) is 0 Å². The molecule has 20 heavy (non-hydrogen) atoms. The van der Waals surface area contributed by atoms with Gasteiger partial charge in [0.05, 0.1) is 12.8 Å². The van der Waals surface area contributed by atoms with Gasteiger partial charge in [0.25, 0.3) is 0 Å². The zero-order valence-electron chi connectivity index (χ0n) is 12.4. The van der Waals surface area contributed by atoms with Gasteiger partial charge in [-0.05, 0) is 26.2 Å². The predicted octanol–water partition coefficient (Wildman–Crippen LogP) is 0.696. The average molecular weight is 281 g/mol. The van der Waals surface area contributed by atoms with Gasteiger partial charge >= 0.3 is 0 Å². The molecule has 0 saturated carbocycles. The molecule has 0 aliphatic rings. The molecule has 0 aliphatic carbocycles. The maximum atomic E-state index is 11.7. The molecule has 6 nitrogen and oxygen atoms in total. The Bertz CT molecular complexity index is 415. The van der Waals surface area contributed by atoms with E-state index in [1.54, 1.807) is 23.3 Å². The van der Waals surface area contributed by atoms with E-state index in [4.69, 9.17) is 4.42 Å². The summed E-state index contributed by atoms with van der Waals surface area (Å²) in [6.07, 6.45) is 1.87. The molecule has 0 atom stereocenters. The van der Waals surface area contributed by atoms with Crippen LogP contribution in [-0.2, 0) is 16.1 Å². The van der Waals surface area contributed by atoms with Crippen LogP contribution >= 0.6 is 0 Å². The van der Waals surface area contributed by atoms with Gasteiger partial charge in [-0.25, -0.2) is 0 Å². The number of nitrogens with one attached hydrogen (secondary N) is 1. The first-order valence-corrected chi connectivity index (χ1v) is 6.68. The summed E-state index contributed by atoms with van der Waals surface area (Å²) in [4.78, 5) is 26.9. The smallest absolute Gasteiger partial charge is 0.222 e. The second-order valence-corrected chi connectivity index (χ2v) is 4.92. The number of furan rings is 1. The first-order chi connectivity index (χ1) is 9.49. The van der Waals surface area contributed by atoms with Crippen LogP contribution in [0.5, 0.6) is 0 Å². The molecule has 2 amide bonds. The van der Waals surface area contributed by atoms with Crippen LogP contribution < -0.4 is 5.32 Å². The molecule has 0 saturated heterocycles. The molecule has 6 heteroatoms. The van der Waals surface area contributed by atoms with Crippen molar-refractivity contribution in [3.63, 3.8) is 0 Å². The Kier molecular flexibility index (Phi) is 6.79. The first kappa shape index (κ1) is 16.2. The first-order valence-electron chi connectivity index (χ1n) is 6.68. The lowest BCUT2D eigenvalue weighted by atomic mass is 10.3. The van der Waals surface area contributed by atoms with Crippen molar-refractivity contribution < 1.29 is 14.0 Å². The average Bonchev–Trinajstić information content (AvgIpc) is 2.88. The number of hydrogen-bond acceptors (Lipinski definition) is 4. The minimum absolute atomic E-state index is 0.00863. The van der Waals surface area contributed by atoms with Gasteiger partial charge in [0, 0.05) is 33.0 Å². The van der Waals surface area contributed by atoms with E-state index in [-0.39, 0.29) is 11.8 Å². The molecule has 0 aromatic carbocycles. The molecule has 0 radical (unpaired) electrons. The molecule has 0 bridgehead atoms. The van der Waals surface area contributed by atoms with Crippen LogP contribution in [0.25, 0.3) is 0 Å². The fraction of sp³-hybridized carbons (Fsp3) is 0.571. The van der Waals surface area contributed by atoms with Crippen molar-refractivity contribution in [2.45, 2.75) is 19.9 Å². The topological polar surface area (TPSA) is 65.8 Å². The van der Waals surface area contributed by atoms with Gasteiger partial charge in [0.15, 0.2) is 0 Å². The fourth-order valence-electron chi connectivity index (χ4n) is 1.67. The lowest BCUT2D eigenvalue weighted by Gasteiger charge is -2.22. The van der Waals surface area contributed by atoms with E-state index >= 15 is 0 Å². The van der Waals surface area contributed by atoms with Crippen molar-refractivity contribution in [3.05, 3.63) is 24.2 Å². The van der Waals surface area contributed by atoms with Crippen molar-refractivity contribution in [1.29, 1.82) is 0 Å². The Labute approximate surface area is 119 Å². The van der Waals surface area contributed by atoms with E-state index in [0.717, 1.165) is 12.3 Å². The molecular weight excluding hydrogens is 258 g/mol. The largest absolute Gasteiger partial charge is 0.467 e. The Balaban J connectivity index is 2.27. The lowest BCUT2D eigenvalue weighted by molar-refractivity contribution is -0.129. The van der Waals surface area contributed by atoms with E-state index < -0.39 is 0 Å². The van der Waals surface area contributed by atoms with Gasteiger partial charge in [-0.1, -0.05) is 0 Å². The molecule has 112 valence electrons. The summed E-state index contributed by atoms with van der Waals surface area (Å²) in [5, 5.41) is 2.76. The highest BCUT2D eigenvalue weighted by molar-refractivity contribution is 5.77. The number of rotatable bonds is 8. The zero-order valence-corrected chi connectivity index (χ0v) is 12.4. The third kappa shape index (κ3) is 6.38. The quantitative estimate of drug-likeness (QED) is 0.761. The normalized spacial score (nSPS) is 10.6. The van der Waals surface area contributed by atoms with Gasteiger partial charge in [-0.3, -0.25) is 9.59 Å². The molecule has 1 rings (SSSR count). The number of hydrogen-bond donors (Lipinski definition) is 1. The lowest BCUT2D eigenvalue weighted by Crippen LogP contribution is -2.37. The highest BCUT2D eigenvalue weighted by Gasteiger charge is 2.11. The van der Waals surface area contributed by atoms with Gasteiger partial charge < -0.3 is 19.5 Å². The molecule has 0 unspecified atom stereocenters. The van der Waals surface area contributed by atoms with Crippen LogP contribution in [-0.4, -0.2) is 55.3 Å². The van der Waals surface area contributed by atoms with Crippen LogP contribution in [0.15, 0.2) is 22.8 Å². The predicted molar refractivity (Wildman–Crippen MR) is 76.0 cm³/mol. The second kappa shape index (κ2) is 8.37. The van der Waals surface area contributed by atoms with Crippen molar-refractivity contribution in [3.8, 4) is 0 Å². The van der Waals surface area contributed by atoms with Gasteiger partial charge in [0.1, 0.15) is 5.76 Å². The molecule has 1 aromatic heterocycles. The van der Waals surface area contributed by atoms with Crippen molar-refractivity contribution in [2.75, 3.05) is 33.7 Å². The molecule has 1 aromatic rings. The van der Waals surface area contributed by atoms with Crippen molar-refractivity contribution >= 4 is 11.8 Å². The summed E-state index contributed by atoms with van der Waals surface area (Å²) >= 11 is 0. The van der Waals surface area contributed by atoms with Gasteiger partial charge in [-0.2, -0.15) is 0 Å². The Morgan fingerprint density at radius 3 is 2.55 bits per heavy atom. The SMILES string of the molecule is CC(=O)N(CCC(=O)NCc1ccco1)CCN(C)C. The van der Waals surface area contributed by atoms with Crippen LogP contribution in [0, 0.1) is 0 Å².